The summed E-state index contributed by atoms with van der Waals surface area (Å²) in [4.78, 5) is 0.176. The molecule has 1 aromatic heterocycles. The zero-order chi connectivity index (χ0) is 13.3. The first-order valence-corrected chi connectivity index (χ1v) is 8.60. The van der Waals surface area contributed by atoms with Crippen LogP contribution in [0.4, 0.5) is 0 Å². The van der Waals surface area contributed by atoms with Crippen LogP contribution < -0.4 is 0 Å². The van der Waals surface area contributed by atoms with Crippen molar-refractivity contribution < 1.29 is 12.8 Å². The van der Waals surface area contributed by atoms with E-state index in [4.69, 9.17) is 16.0 Å². The summed E-state index contributed by atoms with van der Waals surface area (Å²) in [6.45, 7) is 3.25. The van der Waals surface area contributed by atoms with Crippen molar-refractivity contribution in [1.29, 1.82) is 0 Å². The maximum absolute atomic E-state index is 12.4. The fourth-order valence-corrected chi connectivity index (χ4v) is 4.75. The molecule has 18 heavy (non-hydrogen) atoms. The molecule has 1 atom stereocenters. The Bertz CT molecular complexity index is 528. The summed E-state index contributed by atoms with van der Waals surface area (Å²) in [5.41, 5.74) is 0. The molecule has 0 amide bonds. The largest absolute Gasteiger partial charge is 0.452 e. The fourth-order valence-electron chi connectivity index (χ4n) is 2.13. The molecular formula is C11H15BrClNO3S. The maximum Gasteiger partial charge on any atom is 0.247 e. The van der Waals surface area contributed by atoms with Gasteiger partial charge in [-0.2, -0.15) is 4.31 Å². The van der Waals surface area contributed by atoms with E-state index in [1.807, 2.05) is 0 Å². The summed E-state index contributed by atoms with van der Waals surface area (Å²) in [5, 5.41) is 0. The van der Waals surface area contributed by atoms with Crippen molar-refractivity contribution in [2.45, 2.75) is 30.5 Å². The van der Waals surface area contributed by atoms with Gasteiger partial charge >= 0.3 is 0 Å². The highest BCUT2D eigenvalue weighted by molar-refractivity contribution is 9.10. The van der Waals surface area contributed by atoms with E-state index in [9.17, 15) is 8.42 Å². The van der Waals surface area contributed by atoms with Crippen molar-refractivity contribution in [1.82, 2.24) is 4.31 Å². The van der Waals surface area contributed by atoms with Crippen LogP contribution in [0.25, 0.3) is 0 Å². The van der Waals surface area contributed by atoms with E-state index in [-0.39, 0.29) is 15.4 Å². The number of rotatable bonds is 4. The van der Waals surface area contributed by atoms with Crippen LogP contribution in [0.5, 0.6) is 0 Å². The molecule has 1 unspecified atom stereocenters. The van der Waals surface area contributed by atoms with Gasteiger partial charge in [0.05, 0.1) is 5.88 Å². The Balaban J connectivity index is 2.28. The molecule has 0 N–H and O–H groups in total. The normalized spacial score (nSPS) is 21.6. The average Bonchev–Trinajstić information content (AvgIpc) is 2.95. The lowest BCUT2D eigenvalue weighted by Gasteiger charge is -2.15. The first kappa shape index (κ1) is 14.4. The first-order valence-electron chi connectivity index (χ1n) is 5.83. The Kier molecular flexibility index (Phi) is 4.41. The lowest BCUT2D eigenvalue weighted by atomic mass is 10.1. The minimum absolute atomic E-state index is 0.158. The van der Waals surface area contributed by atoms with E-state index in [2.05, 4.69) is 22.9 Å². The molecule has 0 spiro atoms. The smallest absolute Gasteiger partial charge is 0.247 e. The Morgan fingerprint density at radius 1 is 1.61 bits per heavy atom. The number of halogens is 2. The third-order valence-corrected chi connectivity index (χ3v) is 6.27. The van der Waals surface area contributed by atoms with Crippen molar-refractivity contribution in [3.63, 3.8) is 0 Å². The van der Waals surface area contributed by atoms with Crippen LogP contribution in [0, 0.1) is 5.92 Å². The monoisotopic (exact) mass is 355 g/mol. The van der Waals surface area contributed by atoms with Crippen LogP contribution in [0.15, 0.2) is 20.0 Å². The van der Waals surface area contributed by atoms with E-state index >= 15 is 0 Å². The minimum atomic E-state index is -3.47. The van der Waals surface area contributed by atoms with Gasteiger partial charge in [-0.1, -0.05) is 13.3 Å². The molecule has 1 fully saturated rings. The molecule has 1 saturated heterocycles. The highest BCUT2D eigenvalue weighted by atomic mass is 79.9. The van der Waals surface area contributed by atoms with Crippen molar-refractivity contribution in [2.75, 3.05) is 13.1 Å². The third-order valence-electron chi connectivity index (χ3n) is 3.28. The minimum Gasteiger partial charge on any atom is -0.452 e. The molecule has 0 saturated carbocycles. The lowest BCUT2D eigenvalue weighted by Crippen LogP contribution is -2.28. The number of sulfonamides is 1. The molecule has 0 radical (unpaired) electrons. The summed E-state index contributed by atoms with van der Waals surface area (Å²) in [5.74, 6) is 1.07. The SMILES string of the molecule is CCC1CCN(S(=O)(=O)c2cc(CCl)oc2Br)C1. The van der Waals surface area contributed by atoms with Crippen LogP contribution in [-0.4, -0.2) is 25.8 Å². The van der Waals surface area contributed by atoms with Crippen LogP contribution in [0.3, 0.4) is 0 Å². The third kappa shape index (κ3) is 2.61. The van der Waals surface area contributed by atoms with Gasteiger partial charge in [0.2, 0.25) is 10.0 Å². The fraction of sp³-hybridized carbons (Fsp3) is 0.636. The number of nitrogens with zero attached hydrogens (tertiary/aromatic N) is 1. The molecule has 102 valence electrons. The van der Waals surface area contributed by atoms with Crippen molar-refractivity contribution in [3.8, 4) is 0 Å². The molecular weight excluding hydrogens is 342 g/mol. The topological polar surface area (TPSA) is 50.5 Å². The van der Waals surface area contributed by atoms with Crippen LogP contribution >= 0.6 is 27.5 Å². The molecule has 1 aliphatic heterocycles. The van der Waals surface area contributed by atoms with E-state index in [1.54, 1.807) is 0 Å². The van der Waals surface area contributed by atoms with Gasteiger partial charge < -0.3 is 4.42 Å². The van der Waals surface area contributed by atoms with Gasteiger partial charge in [0.15, 0.2) is 4.67 Å². The first-order chi connectivity index (χ1) is 8.48. The number of furan rings is 1. The van der Waals surface area contributed by atoms with Gasteiger partial charge in [-0.05, 0) is 28.3 Å². The van der Waals surface area contributed by atoms with E-state index in [0.717, 1.165) is 12.8 Å². The number of hydrogen-bond acceptors (Lipinski definition) is 3. The summed E-state index contributed by atoms with van der Waals surface area (Å²) >= 11 is 8.79. The summed E-state index contributed by atoms with van der Waals surface area (Å²) in [6, 6.07) is 1.49. The van der Waals surface area contributed by atoms with Gasteiger partial charge in [0.25, 0.3) is 0 Å². The molecule has 0 aromatic carbocycles. The standard InChI is InChI=1S/C11H15BrClNO3S/c1-2-8-3-4-14(7-8)18(15,16)10-5-9(6-13)17-11(10)12/h5,8H,2-4,6-7H2,1H3. The van der Waals surface area contributed by atoms with Gasteiger partial charge in [-0.25, -0.2) is 8.42 Å². The second-order valence-electron chi connectivity index (χ2n) is 4.41. The van der Waals surface area contributed by atoms with Crippen LogP contribution in [-0.2, 0) is 15.9 Å². The second kappa shape index (κ2) is 5.53. The number of hydrogen-bond donors (Lipinski definition) is 0. The van der Waals surface area contributed by atoms with E-state index < -0.39 is 10.0 Å². The highest BCUT2D eigenvalue weighted by Gasteiger charge is 2.34. The molecule has 0 aliphatic carbocycles. The van der Waals surface area contributed by atoms with Crippen molar-refractivity contribution in [2.24, 2.45) is 5.92 Å². The summed E-state index contributed by atoms with van der Waals surface area (Å²) in [7, 11) is -3.47. The predicted molar refractivity (Wildman–Crippen MR) is 73.1 cm³/mol. The zero-order valence-electron chi connectivity index (χ0n) is 10.0. The molecule has 1 aromatic rings. The van der Waals surface area contributed by atoms with Crippen molar-refractivity contribution >= 4 is 37.6 Å². The summed E-state index contributed by atoms with van der Waals surface area (Å²) < 4.78 is 31.9. The molecule has 2 heterocycles. The molecule has 2 rings (SSSR count). The average molecular weight is 357 g/mol. The zero-order valence-corrected chi connectivity index (χ0v) is 13.2. The van der Waals surface area contributed by atoms with Crippen LogP contribution in [0.1, 0.15) is 25.5 Å². The highest BCUT2D eigenvalue weighted by Crippen LogP contribution is 2.32. The predicted octanol–water partition coefficient (Wildman–Crippen LogP) is 3.20. The lowest BCUT2D eigenvalue weighted by molar-refractivity contribution is 0.448. The molecule has 0 bridgehead atoms. The second-order valence-corrected chi connectivity index (χ2v) is 7.30. The van der Waals surface area contributed by atoms with Crippen molar-refractivity contribution in [3.05, 3.63) is 16.5 Å². The van der Waals surface area contributed by atoms with E-state index in [0.29, 0.717) is 24.8 Å². The van der Waals surface area contributed by atoms with Gasteiger partial charge in [0, 0.05) is 19.2 Å². The Morgan fingerprint density at radius 3 is 2.83 bits per heavy atom. The maximum atomic E-state index is 12.4. The van der Waals surface area contributed by atoms with Crippen LogP contribution in [0.2, 0.25) is 0 Å². The molecule has 4 nitrogen and oxygen atoms in total. The Labute approximate surface area is 120 Å². The Hall–Kier alpha value is -0.0400. The summed E-state index contributed by atoms with van der Waals surface area (Å²) in [6.07, 6.45) is 1.93. The van der Waals surface area contributed by atoms with Gasteiger partial charge in [-0.15, -0.1) is 11.6 Å². The Morgan fingerprint density at radius 2 is 2.33 bits per heavy atom. The molecule has 1 aliphatic rings. The number of alkyl halides is 1. The quantitative estimate of drug-likeness (QED) is 0.778. The molecule has 7 heteroatoms. The van der Waals surface area contributed by atoms with Gasteiger partial charge in [0.1, 0.15) is 10.7 Å². The van der Waals surface area contributed by atoms with E-state index in [1.165, 1.54) is 10.4 Å². The van der Waals surface area contributed by atoms with Gasteiger partial charge in [-0.3, -0.25) is 0 Å².